The SMILES string of the molecule is CC(C)Cn1c(=O)c2cc(C(=O)NC(C)c3cccs3)nn2c2ccccc21. The van der Waals surface area contributed by atoms with Gasteiger partial charge in [-0.15, -0.1) is 11.3 Å². The summed E-state index contributed by atoms with van der Waals surface area (Å²) >= 11 is 1.59. The van der Waals surface area contributed by atoms with Crippen molar-refractivity contribution >= 4 is 33.8 Å². The van der Waals surface area contributed by atoms with Gasteiger partial charge in [0.25, 0.3) is 11.5 Å². The van der Waals surface area contributed by atoms with E-state index in [1.807, 2.05) is 48.7 Å². The van der Waals surface area contributed by atoms with Crippen LogP contribution in [-0.2, 0) is 6.54 Å². The van der Waals surface area contributed by atoms with Crippen LogP contribution < -0.4 is 10.9 Å². The molecule has 7 heteroatoms. The molecule has 0 aliphatic carbocycles. The molecule has 3 aromatic heterocycles. The Bertz CT molecular complexity index is 1200. The Morgan fingerprint density at radius 1 is 1.11 bits per heavy atom. The summed E-state index contributed by atoms with van der Waals surface area (Å²) in [6.07, 6.45) is 0. The molecule has 0 saturated heterocycles. The van der Waals surface area contributed by atoms with Crippen molar-refractivity contribution in [1.29, 1.82) is 0 Å². The van der Waals surface area contributed by atoms with Gasteiger partial charge in [0.15, 0.2) is 5.69 Å². The summed E-state index contributed by atoms with van der Waals surface area (Å²) in [5.41, 5.74) is 2.14. The molecule has 0 saturated carbocycles. The Morgan fingerprint density at radius 3 is 2.54 bits per heavy atom. The number of amides is 1. The number of para-hydroxylation sites is 2. The molecule has 4 rings (SSSR count). The van der Waals surface area contributed by atoms with Gasteiger partial charge in [-0.1, -0.05) is 32.0 Å². The number of carbonyl (C=O) groups excluding carboxylic acids is 1. The van der Waals surface area contributed by atoms with E-state index in [9.17, 15) is 9.59 Å². The maximum Gasteiger partial charge on any atom is 0.277 e. The molecule has 0 spiro atoms. The molecular weight excluding hydrogens is 372 g/mol. The van der Waals surface area contributed by atoms with Crippen LogP contribution in [0.1, 0.15) is 42.2 Å². The lowest BCUT2D eigenvalue weighted by molar-refractivity contribution is 0.0935. The zero-order chi connectivity index (χ0) is 19.8. The maximum atomic E-state index is 13.1. The van der Waals surface area contributed by atoms with Crippen LogP contribution in [0, 0.1) is 5.92 Å². The highest BCUT2D eigenvalue weighted by Gasteiger charge is 2.19. The molecule has 0 aliphatic rings. The molecular formula is C21H22N4O2S. The fourth-order valence-electron chi connectivity index (χ4n) is 3.37. The molecule has 1 N–H and O–H groups in total. The molecule has 4 aromatic rings. The lowest BCUT2D eigenvalue weighted by Gasteiger charge is -2.13. The minimum absolute atomic E-state index is 0.119. The Kier molecular flexibility index (Phi) is 4.77. The van der Waals surface area contributed by atoms with Gasteiger partial charge in [-0.05, 0) is 36.4 Å². The molecule has 1 atom stereocenters. The van der Waals surface area contributed by atoms with E-state index in [1.165, 1.54) is 0 Å². The number of aromatic nitrogens is 3. The summed E-state index contributed by atoms with van der Waals surface area (Å²) in [6.45, 7) is 6.70. The molecule has 0 aliphatic heterocycles. The third-order valence-electron chi connectivity index (χ3n) is 4.67. The van der Waals surface area contributed by atoms with Gasteiger partial charge >= 0.3 is 0 Å². The van der Waals surface area contributed by atoms with Gasteiger partial charge in [-0.25, -0.2) is 4.52 Å². The van der Waals surface area contributed by atoms with E-state index in [-0.39, 0.29) is 23.2 Å². The minimum atomic E-state index is -0.288. The van der Waals surface area contributed by atoms with E-state index < -0.39 is 0 Å². The molecule has 0 radical (unpaired) electrons. The Morgan fingerprint density at radius 2 is 1.86 bits per heavy atom. The van der Waals surface area contributed by atoms with Crippen LogP contribution in [-0.4, -0.2) is 20.1 Å². The van der Waals surface area contributed by atoms with E-state index in [2.05, 4.69) is 24.3 Å². The standard InChI is InChI=1S/C21H22N4O2S/c1-13(2)12-24-16-7-4-5-8-17(16)25-18(21(24)27)11-15(23-25)20(26)22-14(3)19-9-6-10-28-19/h4-11,13-14H,12H2,1-3H3,(H,22,26). The average Bonchev–Trinajstić information content (AvgIpc) is 3.35. The predicted octanol–water partition coefficient (Wildman–Crippen LogP) is 3.86. The summed E-state index contributed by atoms with van der Waals surface area (Å²) in [5.74, 6) is 0.0318. The number of benzene rings is 1. The highest BCUT2D eigenvalue weighted by molar-refractivity contribution is 7.10. The lowest BCUT2D eigenvalue weighted by atomic mass is 10.2. The topological polar surface area (TPSA) is 68.4 Å². The van der Waals surface area contributed by atoms with Crippen LogP contribution in [0.15, 0.2) is 52.6 Å². The highest BCUT2D eigenvalue weighted by Crippen LogP contribution is 2.20. The van der Waals surface area contributed by atoms with Crippen molar-refractivity contribution in [3.63, 3.8) is 0 Å². The van der Waals surface area contributed by atoms with Gasteiger partial charge in [-0.2, -0.15) is 5.10 Å². The summed E-state index contributed by atoms with van der Waals surface area (Å²) in [7, 11) is 0. The smallest absolute Gasteiger partial charge is 0.277 e. The second-order valence-electron chi connectivity index (χ2n) is 7.34. The fraction of sp³-hybridized carbons (Fsp3) is 0.286. The summed E-state index contributed by atoms with van der Waals surface area (Å²) in [4.78, 5) is 26.9. The summed E-state index contributed by atoms with van der Waals surface area (Å²) in [5, 5.41) is 9.39. The number of rotatable bonds is 5. The molecule has 6 nitrogen and oxygen atoms in total. The molecule has 1 amide bonds. The van der Waals surface area contributed by atoms with Crippen molar-refractivity contribution < 1.29 is 4.79 Å². The largest absolute Gasteiger partial charge is 0.343 e. The number of hydrogen-bond acceptors (Lipinski definition) is 4. The van der Waals surface area contributed by atoms with E-state index in [0.29, 0.717) is 18.0 Å². The van der Waals surface area contributed by atoms with Crippen molar-refractivity contribution in [2.75, 3.05) is 0 Å². The normalized spacial score (nSPS) is 12.7. The Hall–Kier alpha value is -2.93. The van der Waals surface area contributed by atoms with Gasteiger partial charge in [0.05, 0.1) is 17.1 Å². The van der Waals surface area contributed by atoms with Crippen molar-refractivity contribution in [3.8, 4) is 0 Å². The second-order valence-corrected chi connectivity index (χ2v) is 8.31. The Balaban J connectivity index is 1.80. The molecule has 144 valence electrons. The highest BCUT2D eigenvalue weighted by atomic mass is 32.1. The molecule has 0 fully saturated rings. The first-order valence-corrected chi connectivity index (χ1v) is 10.2. The minimum Gasteiger partial charge on any atom is -0.343 e. The van der Waals surface area contributed by atoms with Gasteiger partial charge in [-0.3, -0.25) is 9.59 Å². The lowest BCUT2D eigenvalue weighted by Crippen LogP contribution is -2.26. The molecule has 1 aromatic carbocycles. The van der Waals surface area contributed by atoms with Crippen LogP contribution in [0.4, 0.5) is 0 Å². The van der Waals surface area contributed by atoms with Crippen LogP contribution in [0.5, 0.6) is 0 Å². The first-order valence-electron chi connectivity index (χ1n) is 9.31. The van der Waals surface area contributed by atoms with Crippen LogP contribution in [0.3, 0.4) is 0 Å². The van der Waals surface area contributed by atoms with Crippen LogP contribution in [0.2, 0.25) is 0 Å². The number of nitrogens with zero attached hydrogens (tertiary/aromatic N) is 3. The summed E-state index contributed by atoms with van der Waals surface area (Å²) in [6, 6.07) is 13.1. The average molecular weight is 395 g/mol. The second kappa shape index (κ2) is 7.24. The monoisotopic (exact) mass is 394 g/mol. The summed E-state index contributed by atoms with van der Waals surface area (Å²) < 4.78 is 3.35. The van der Waals surface area contributed by atoms with Crippen LogP contribution >= 0.6 is 11.3 Å². The first kappa shape index (κ1) is 18.4. The number of thiophene rings is 1. The third kappa shape index (κ3) is 3.22. The van der Waals surface area contributed by atoms with E-state index in [0.717, 1.165) is 15.9 Å². The van der Waals surface area contributed by atoms with E-state index >= 15 is 0 Å². The molecule has 0 bridgehead atoms. The van der Waals surface area contributed by atoms with E-state index in [1.54, 1.807) is 26.5 Å². The van der Waals surface area contributed by atoms with Gasteiger partial charge < -0.3 is 9.88 Å². The zero-order valence-electron chi connectivity index (χ0n) is 16.0. The number of fused-ring (bicyclic) bond motifs is 3. The van der Waals surface area contributed by atoms with E-state index in [4.69, 9.17) is 0 Å². The van der Waals surface area contributed by atoms with Crippen molar-refractivity contribution in [1.82, 2.24) is 19.5 Å². The number of hydrogen-bond donors (Lipinski definition) is 1. The predicted molar refractivity (Wildman–Crippen MR) is 112 cm³/mol. The van der Waals surface area contributed by atoms with Crippen LogP contribution in [0.25, 0.3) is 16.6 Å². The first-order chi connectivity index (χ1) is 13.5. The van der Waals surface area contributed by atoms with Gasteiger partial charge in [0, 0.05) is 17.5 Å². The quantitative estimate of drug-likeness (QED) is 0.559. The molecule has 28 heavy (non-hydrogen) atoms. The van der Waals surface area contributed by atoms with Crippen molar-refractivity contribution in [2.24, 2.45) is 5.92 Å². The third-order valence-corrected chi connectivity index (χ3v) is 5.73. The molecule has 3 heterocycles. The maximum absolute atomic E-state index is 13.1. The van der Waals surface area contributed by atoms with Gasteiger partial charge in [0.2, 0.25) is 0 Å². The number of carbonyl (C=O) groups is 1. The number of nitrogens with one attached hydrogen (secondary N) is 1. The fourth-order valence-corrected chi connectivity index (χ4v) is 4.11. The van der Waals surface area contributed by atoms with Crippen molar-refractivity contribution in [3.05, 3.63) is 68.8 Å². The Labute approximate surface area is 166 Å². The van der Waals surface area contributed by atoms with Crippen molar-refractivity contribution in [2.45, 2.75) is 33.4 Å². The zero-order valence-corrected chi connectivity index (χ0v) is 16.9. The van der Waals surface area contributed by atoms with Gasteiger partial charge in [0.1, 0.15) is 5.52 Å². The molecule has 1 unspecified atom stereocenters.